The average molecular weight is 186 g/mol. The summed E-state index contributed by atoms with van der Waals surface area (Å²) in [5.41, 5.74) is 1.28. The van der Waals surface area contributed by atoms with Gasteiger partial charge in [0.25, 0.3) is 0 Å². The highest BCUT2D eigenvalue weighted by molar-refractivity contribution is 6.31. The Morgan fingerprint density at radius 2 is 2.25 bits per heavy atom. The van der Waals surface area contributed by atoms with Crippen LogP contribution in [0.1, 0.15) is 11.1 Å². The topological polar surface area (TPSA) is 26.1 Å². The van der Waals surface area contributed by atoms with Crippen molar-refractivity contribution >= 4 is 17.8 Å². The van der Waals surface area contributed by atoms with Crippen LogP contribution in [-0.2, 0) is 6.54 Å². The van der Waals surface area contributed by atoms with Gasteiger partial charge in [0, 0.05) is 0 Å². The first-order valence-electron chi connectivity index (χ1n) is 3.44. The maximum absolute atomic E-state index is 12.8. The van der Waals surface area contributed by atoms with Crippen molar-refractivity contribution < 1.29 is 9.13 Å². The molecule has 0 radical (unpaired) electrons. The summed E-state index contributed by atoms with van der Waals surface area (Å²) in [6, 6.07) is 2.81. The smallest absolute Gasteiger partial charge is 0.182 e. The summed E-state index contributed by atoms with van der Waals surface area (Å²) in [7, 11) is 0. The summed E-state index contributed by atoms with van der Waals surface area (Å²) in [4.78, 5) is 0. The summed E-state index contributed by atoms with van der Waals surface area (Å²) in [6.45, 7) is 0.145. The van der Waals surface area contributed by atoms with Gasteiger partial charge >= 0.3 is 0 Å². The van der Waals surface area contributed by atoms with Crippen molar-refractivity contribution in [3.05, 3.63) is 39.3 Å². The van der Waals surface area contributed by atoms with Crippen molar-refractivity contribution in [2.24, 2.45) is 0 Å². The molecule has 1 aromatic rings. The van der Waals surface area contributed by atoms with Crippen LogP contribution in [0, 0.1) is 11.0 Å². The molecule has 0 N–H and O–H groups in total. The third kappa shape index (κ3) is 0.975. The van der Waals surface area contributed by atoms with Gasteiger partial charge in [-0.05, 0) is 12.1 Å². The first-order chi connectivity index (χ1) is 5.68. The fraction of sp³-hybridized carbons (Fsp3) is 0.125. The van der Waals surface area contributed by atoms with Crippen molar-refractivity contribution in [2.45, 2.75) is 6.54 Å². The highest BCUT2D eigenvalue weighted by Gasteiger charge is 2.20. The molecule has 0 fully saturated rings. The van der Waals surface area contributed by atoms with E-state index in [1.54, 1.807) is 6.07 Å². The Kier molecular flexibility index (Phi) is 1.54. The third-order valence-electron chi connectivity index (χ3n) is 1.83. The van der Waals surface area contributed by atoms with Crippen molar-refractivity contribution in [1.82, 2.24) is 0 Å². The number of rotatable bonds is 0. The number of fused-ring (bicyclic) bond motifs is 1. The normalized spacial score (nSPS) is 14.3. The second kappa shape index (κ2) is 2.45. The summed E-state index contributed by atoms with van der Waals surface area (Å²) in [5.74, 6) is -0.473. The molecule has 1 heterocycles. The van der Waals surface area contributed by atoms with E-state index in [0.29, 0.717) is 11.1 Å². The molecular weight excluding hydrogens is 181 g/mol. The van der Waals surface area contributed by atoms with Crippen molar-refractivity contribution in [1.29, 1.82) is 0 Å². The van der Waals surface area contributed by atoms with Gasteiger partial charge in [0.2, 0.25) is 0 Å². The van der Waals surface area contributed by atoms with Crippen molar-refractivity contribution in [3.8, 4) is 0 Å². The Hall–Kier alpha value is -1.09. The molecule has 0 unspecified atom stereocenters. The van der Waals surface area contributed by atoms with Crippen LogP contribution in [0.3, 0.4) is 0 Å². The van der Waals surface area contributed by atoms with E-state index in [0.717, 1.165) is 4.74 Å². The highest BCUT2D eigenvalue weighted by Crippen LogP contribution is 2.25. The first kappa shape index (κ1) is 7.55. The molecular formula is C8H5ClFNO. The lowest BCUT2D eigenvalue weighted by atomic mass is 10.1. The van der Waals surface area contributed by atoms with E-state index in [2.05, 4.69) is 0 Å². The standard InChI is InChI=1S/C8H5ClFNO/c9-8-6-4-11(12)3-5(6)1-2-7(8)10/h1-3H,4H2. The van der Waals surface area contributed by atoms with Gasteiger partial charge in [0.15, 0.2) is 12.8 Å². The first-order valence-corrected chi connectivity index (χ1v) is 3.82. The molecule has 0 amide bonds. The molecule has 0 aromatic heterocycles. The summed E-state index contributed by atoms with van der Waals surface area (Å²) >= 11 is 5.64. The number of hydrogen-bond donors (Lipinski definition) is 0. The Balaban J connectivity index is 2.61. The van der Waals surface area contributed by atoms with Crippen LogP contribution in [0.25, 0.3) is 0 Å². The molecule has 0 bridgehead atoms. The van der Waals surface area contributed by atoms with Crippen LogP contribution in [-0.4, -0.2) is 11.0 Å². The van der Waals surface area contributed by atoms with Gasteiger partial charge in [-0.25, -0.2) is 9.13 Å². The Bertz CT molecular complexity index is 376. The molecule has 1 aliphatic rings. The molecule has 0 atom stereocenters. The monoisotopic (exact) mass is 185 g/mol. The number of benzene rings is 1. The van der Waals surface area contributed by atoms with Crippen LogP contribution in [0.15, 0.2) is 12.1 Å². The highest BCUT2D eigenvalue weighted by atomic mass is 35.5. The van der Waals surface area contributed by atoms with Crippen LogP contribution in [0.4, 0.5) is 4.39 Å². The van der Waals surface area contributed by atoms with Gasteiger partial charge in [0.1, 0.15) is 5.82 Å². The van der Waals surface area contributed by atoms with Crippen LogP contribution in [0.2, 0.25) is 5.02 Å². The molecule has 2 nitrogen and oxygen atoms in total. The molecule has 0 spiro atoms. The Morgan fingerprint density at radius 3 is 3.00 bits per heavy atom. The van der Waals surface area contributed by atoms with Gasteiger partial charge < -0.3 is 5.21 Å². The average Bonchev–Trinajstić information content (AvgIpc) is 2.39. The number of hydrogen-bond acceptors (Lipinski definition) is 1. The van der Waals surface area contributed by atoms with E-state index in [1.807, 2.05) is 0 Å². The molecule has 0 aliphatic carbocycles. The van der Waals surface area contributed by atoms with E-state index >= 15 is 0 Å². The van der Waals surface area contributed by atoms with Gasteiger partial charge in [-0.1, -0.05) is 11.6 Å². The van der Waals surface area contributed by atoms with E-state index in [-0.39, 0.29) is 11.6 Å². The predicted octanol–water partition coefficient (Wildman–Crippen LogP) is 1.92. The maximum atomic E-state index is 12.8. The van der Waals surface area contributed by atoms with Gasteiger partial charge in [-0.2, -0.15) is 0 Å². The minimum Gasteiger partial charge on any atom is -0.624 e. The lowest BCUT2D eigenvalue weighted by Crippen LogP contribution is -1.95. The molecule has 1 aromatic carbocycles. The molecule has 0 saturated carbocycles. The lowest BCUT2D eigenvalue weighted by Gasteiger charge is -1.99. The molecule has 12 heavy (non-hydrogen) atoms. The summed E-state index contributed by atoms with van der Waals surface area (Å²) in [5, 5.41) is 10.9. The second-order valence-corrected chi connectivity index (χ2v) is 3.01. The number of hydroxylamine groups is 1. The summed E-state index contributed by atoms with van der Waals surface area (Å²) < 4.78 is 13.6. The van der Waals surface area contributed by atoms with Crippen LogP contribution >= 0.6 is 11.6 Å². The largest absolute Gasteiger partial charge is 0.624 e. The van der Waals surface area contributed by atoms with Gasteiger partial charge in [0.05, 0.1) is 16.1 Å². The van der Waals surface area contributed by atoms with Crippen LogP contribution in [0.5, 0.6) is 0 Å². The summed E-state index contributed by atoms with van der Waals surface area (Å²) in [6.07, 6.45) is 1.40. The fourth-order valence-corrected chi connectivity index (χ4v) is 1.48. The zero-order valence-corrected chi connectivity index (χ0v) is 6.81. The molecule has 1 aliphatic heterocycles. The number of halogens is 2. The predicted molar refractivity (Wildman–Crippen MR) is 43.9 cm³/mol. The number of nitrogens with zero attached hydrogens (tertiary/aromatic N) is 1. The third-order valence-corrected chi connectivity index (χ3v) is 2.24. The molecule has 62 valence electrons. The zero-order valence-electron chi connectivity index (χ0n) is 6.05. The van der Waals surface area contributed by atoms with Crippen LogP contribution < -0.4 is 0 Å². The van der Waals surface area contributed by atoms with E-state index in [1.165, 1.54) is 12.3 Å². The SMILES string of the molecule is [O-][N+]1=Cc2ccc(F)c(Cl)c2C1. The van der Waals surface area contributed by atoms with E-state index in [4.69, 9.17) is 11.6 Å². The minimum atomic E-state index is -0.473. The van der Waals surface area contributed by atoms with Gasteiger partial charge in [-0.15, -0.1) is 0 Å². The second-order valence-electron chi connectivity index (χ2n) is 2.63. The van der Waals surface area contributed by atoms with E-state index < -0.39 is 5.82 Å². The fourth-order valence-electron chi connectivity index (χ4n) is 1.25. The Labute approximate surface area is 73.5 Å². The quantitative estimate of drug-likeness (QED) is 0.448. The van der Waals surface area contributed by atoms with Crippen molar-refractivity contribution in [2.75, 3.05) is 0 Å². The molecule has 0 saturated heterocycles. The minimum absolute atomic E-state index is 0.0575. The molecule has 4 heteroatoms. The van der Waals surface area contributed by atoms with E-state index in [9.17, 15) is 9.60 Å². The zero-order chi connectivity index (χ0) is 8.72. The van der Waals surface area contributed by atoms with Crippen molar-refractivity contribution in [3.63, 3.8) is 0 Å². The maximum Gasteiger partial charge on any atom is 0.182 e. The Morgan fingerprint density at radius 1 is 1.50 bits per heavy atom. The van der Waals surface area contributed by atoms with Gasteiger partial charge in [-0.3, -0.25) is 0 Å². The molecule has 2 rings (SSSR count). The lowest BCUT2D eigenvalue weighted by molar-refractivity contribution is -0.464.